The fourth-order valence-corrected chi connectivity index (χ4v) is 1.82. The molecule has 1 unspecified atom stereocenters. The lowest BCUT2D eigenvalue weighted by Crippen LogP contribution is -2.25. The molecule has 0 saturated heterocycles. The van der Waals surface area contributed by atoms with Crippen LogP contribution in [0.4, 0.5) is 0 Å². The van der Waals surface area contributed by atoms with Gasteiger partial charge in [0, 0.05) is 20.2 Å². The molecule has 0 fully saturated rings. The summed E-state index contributed by atoms with van der Waals surface area (Å²) >= 11 is 0. The number of rotatable bonds is 6. The Bertz CT molecular complexity index is 358. The zero-order chi connectivity index (χ0) is 13.1. The zero-order valence-corrected chi connectivity index (χ0v) is 11.7. The molecule has 4 nitrogen and oxygen atoms in total. The Hall–Kier alpha value is -0.870. The molecule has 0 spiro atoms. The summed E-state index contributed by atoms with van der Waals surface area (Å²) in [7, 11) is 3.70. The number of nitrogens with two attached hydrogens (primary N) is 1. The van der Waals surface area contributed by atoms with Gasteiger partial charge < -0.3 is 10.5 Å². The van der Waals surface area contributed by atoms with Crippen LogP contribution in [0.3, 0.4) is 0 Å². The van der Waals surface area contributed by atoms with Crippen molar-refractivity contribution in [2.45, 2.75) is 51.7 Å². The summed E-state index contributed by atoms with van der Waals surface area (Å²) in [6, 6.07) is 2.13. The predicted molar refractivity (Wildman–Crippen MR) is 69.8 cm³/mol. The molecule has 2 N–H and O–H groups in total. The van der Waals surface area contributed by atoms with Crippen molar-refractivity contribution in [1.29, 1.82) is 0 Å². The van der Waals surface area contributed by atoms with E-state index in [4.69, 9.17) is 10.5 Å². The lowest BCUT2D eigenvalue weighted by Gasteiger charge is -2.24. The van der Waals surface area contributed by atoms with E-state index in [1.807, 2.05) is 11.7 Å². The van der Waals surface area contributed by atoms with Crippen LogP contribution in [0.25, 0.3) is 0 Å². The minimum absolute atomic E-state index is 0.0298. The molecular weight excluding hydrogens is 214 g/mol. The average Bonchev–Trinajstić information content (AvgIpc) is 2.68. The first-order valence-corrected chi connectivity index (χ1v) is 6.23. The molecule has 0 aliphatic heterocycles. The van der Waals surface area contributed by atoms with Gasteiger partial charge >= 0.3 is 0 Å². The van der Waals surface area contributed by atoms with E-state index in [-0.39, 0.29) is 11.6 Å². The van der Waals surface area contributed by atoms with Gasteiger partial charge in [-0.1, -0.05) is 6.92 Å². The van der Waals surface area contributed by atoms with Gasteiger partial charge in [-0.2, -0.15) is 5.10 Å². The largest absolute Gasteiger partial charge is 0.379 e. The summed E-state index contributed by atoms with van der Waals surface area (Å²) in [5.41, 5.74) is 8.31. The minimum Gasteiger partial charge on any atom is -0.379 e. The Morgan fingerprint density at radius 1 is 1.53 bits per heavy atom. The molecule has 0 amide bonds. The Balaban J connectivity index is 2.63. The molecule has 1 aromatic heterocycles. The van der Waals surface area contributed by atoms with Gasteiger partial charge in [-0.05, 0) is 39.2 Å². The molecule has 4 heteroatoms. The number of methoxy groups -OCH3 is 1. The Morgan fingerprint density at radius 3 is 2.65 bits per heavy atom. The van der Waals surface area contributed by atoms with Gasteiger partial charge in [-0.3, -0.25) is 4.68 Å². The van der Waals surface area contributed by atoms with E-state index in [9.17, 15) is 0 Å². The van der Waals surface area contributed by atoms with Crippen LogP contribution < -0.4 is 5.73 Å². The SMILES string of the molecule is CCc1cc(C(N)CCC(C)(C)OC)n(C)n1. The van der Waals surface area contributed by atoms with Crippen LogP contribution in [0.15, 0.2) is 6.07 Å². The van der Waals surface area contributed by atoms with Crippen molar-refractivity contribution in [3.63, 3.8) is 0 Å². The van der Waals surface area contributed by atoms with E-state index in [1.165, 1.54) is 0 Å². The Labute approximate surface area is 104 Å². The van der Waals surface area contributed by atoms with Crippen LogP contribution in [0.5, 0.6) is 0 Å². The van der Waals surface area contributed by atoms with Gasteiger partial charge in [0.25, 0.3) is 0 Å². The van der Waals surface area contributed by atoms with Crippen molar-refractivity contribution in [1.82, 2.24) is 9.78 Å². The summed E-state index contributed by atoms with van der Waals surface area (Å²) in [6.07, 6.45) is 2.80. The summed E-state index contributed by atoms with van der Waals surface area (Å²) in [4.78, 5) is 0. The van der Waals surface area contributed by atoms with Crippen LogP contribution >= 0.6 is 0 Å². The third-order valence-corrected chi connectivity index (χ3v) is 3.32. The first kappa shape index (κ1) is 14.2. The summed E-state index contributed by atoms with van der Waals surface area (Å²) in [5.74, 6) is 0. The zero-order valence-electron chi connectivity index (χ0n) is 11.7. The highest BCUT2D eigenvalue weighted by Gasteiger charge is 2.20. The fraction of sp³-hybridized carbons (Fsp3) is 0.769. The third-order valence-electron chi connectivity index (χ3n) is 3.32. The highest BCUT2D eigenvalue weighted by Crippen LogP contribution is 2.23. The van der Waals surface area contributed by atoms with Crippen molar-refractivity contribution in [2.24, 2.45) is 12.8 Å². The summed E-state index contributed by atoms with van der Waals surface area (Å²) in [5, 5.41) is 4.42. The summed E-state index contributed by atoms with van der Waals surface area (Å²) < 4.78 is 7.29. The second-order valence-electron chi connectivity index (χ2n) is 5.15. The highest BCUT2D eigenvalue weighted by molar-refractivity contribution is 5.13. The molecular formula is C13H25N3O. The Kier molecular flexibility index (Phi) is 4.71. The van der Waals surface area contributed by atoms with Crippen LogP contribution in [0, 0.1) is 0 Å². The van der Waals surface area contributed by atoms with Crippen LogP contribution in [0.1, 0.15) is 51.0 Å². The second-order valence-corrected chi connectivity index (χ2v) is 5.15. The predicted octanol–water partition coefficient (Wildman–Crippen LogP) is 2.19. The van der Waals surface area contributed by atoms with E-state index in [0.717, 1.165) is 30.7 Å². The standard InChI is InChI=1S/C13H25N3O/c1-6-10-9-12(16(4)15-10)11(14)7-8-13(2,3)17-5/h9,11H,6-8,14H2,1-5H3. The van der Waals surface area contributed by atoms with Gasteiger partial charge in [0.1, 0.15) is 0 Å². The van der Waals surface area contributed by atoms with Crippen molar-refractivity contribution in [3.05, 3.63) is 17.5 Å². The molecule has 0 aliphatic carbocycles. The number of nitrogens with zero attached hydrogens (tertiary/aromatic N) is 2. The molecule has 1 aromatic rings. The average molecular weight is 239 g/mol. The maximum Gasteiger partial charge on any atom is 0.0625 e. The molecule has 98 valence electrons. The van der Waals surface area contributed by atoms with Crippen molar-refractivity contribution >= 4 is 0 Å². The third kappa shape index (κ3) is 3.82. The monoisotopic (exact) mass is 239 g/mol. The van der Waals surface area contributed by atoms with E-state index in [0.29, 0.717) is 0 Å². The van der Waals surface area contributed by atoms with Gasteiger partial charge in [-0.15, -0.1) is 0 Å². The lowest BCUT2D eigenvalue weighted by molar-refractivity contribution is 0.0123. The number of aromatic nitrogens is 2. The van der Waals surface area contributed by atoms with Crippen molar-refractivity contribution in [2.75, 3.05) is 7.11 Å². The smallest absolute Gasteiger partial charge is 0.0625 e. The minimum atomic E-state index is -0.107. The van der Waals surface area contributed by atoms with Gasteiger partial charge in [-0.25, -0.2) is 0 Å². The first-order chi connectivity index (χ1) is 7.89. The quantitative estimate of drug-likeness (QED) is 0.828. The maximum atomic E-state index is 6.21. The number of aryl methyl sites for hydroxylation is 2. The van der Waals surface area contributed by atoms with Crippen LogP contribution in [0.2, 0.25) is 0 Å². The highest BCUT2D eigenvalue weighted by atomic mass is 16.5. The van der Waals surface area contributed by atoms with Crippen molar-refractivity contribution < 1.29 is 4.74 Å². The van der Waals surface area contributed by atoms with E-state index >= 15 is 0 Å². The molecule has 1 heterocycles. The lowest BCUT2D eigenvalue weighted by atomic mass is 9.97. The maximum absolute atomic E-state index is 6.21. The molecule has 17 heavy (non-hydrogen) atoms. The van der Waals surface area contributed by atoms with Gasteiger partial charge in [0.05, 0.1) is 17.0 Å². The molecule has 1 atom stereocenters. The molecule has 1 rings (SSSR count). The first-order valence-electron chi connectivity index (χ1n) is 6.23. The van der Waals surface area contributed by atoms with Crippen LogP contribution in [-0.2, 0) is 18.2 Å². The van der Waals surface area contributed by atoms with E-state index < -0.39 is 0 Å². The Morgan fingerprint density at radius 2 is 2.18 bits per heavy atom. The normalized spacial score (nSPS) is 14.0. The summed E-state index contributed by atoms with van der Waals surface area (Å²) in [6.45, 7) is 6.27. The van der Waals surface area contributed by atoms with E-state index in [2.05, 4.69) is 31.9 Å². The number of hydrogen-bond donors (Lipinski definition) is 1. The topological polar surface area (TPSA) is 53.1 Å². The molecule has 0 saturated carbocycles. The number of hydrogen-bond acceptors (Lipinski definition) is 3. The molecule has 0 aromatic carbocycles. The van der Waals surface area contributed by atoms with E-state index in [1.54, 1.807) is 7.11 Å². The van der Waals surface area contributed by atoms with Gasteiger partial charge in [0.2, 0.25) is 0 Å². The molecule has 0 aliphatic rings. The second kappa shape index (κ2) is 5.65. The molecule has 0 bridgehead atoms. The van der Waals surface area contributed by atoms with Gasteiger partial charge in [0.15, 0.2) is 0 Å². The number of ether oxygens (including phenoxy) is 1. The fourth-order valence-electron chi connectivity index (χ4n) is 1.82. The van der Waals surface area contributed by atoms with Crippen LogP contribution in [-0.4, -0.2) is 22.5 Å². The van der Waals surface area contributed by atoms with Crippen molar-refractivity contribution in [3.8, 4) is 0 Å². The molecule has 0 radical (unpaired) electrons.